The molecule has 0 unspecified atom stereocenters. The van der Waals surface area contributed by atoms with E-state index in [1.807, 2.05) is 24.4 Å². The Morgan fingerprint density at radius 1 is 1.12 bits per heavy atom. The Morgan fingerprint density at radius 2 is 1.91 bits per heavy atom. The molecule has 3 aliphatic rings. The third-order valence-corrected chi connectivity index (χ3v) is 10.8. The average molecular weight is 643 g/mol. The number of aromatic amines is 1. The topological polar surface area (TPSA) is 87.5 Å². The van der Waals surface area contributed by atoms with Crippen molar-refractivity contribution < 1.29 is 9.53 Å². The van der Waals surface area contributed by atoms with Gasteiger partial charge in [0.05, 0.1) is 11.8 Å². The van der Waals surface area contributed by atoms with Gasteiger partial charge in [-0.2, -0.15) is 0 Å². The SMILES string of the molecule is CC(C)c1ccccc1[C@@H]1CCCN1C1CC2(CCN(c3ccc(C(N)=O)c(Oc4cnc5[nH]cc(Br)c5c4)c3)CC2)C1. The van der Waals surface area contributed by atoms with Crippen molar-refractivity contribution in [2.75, 3.05) is 24.5 Å². The molecule has 7 nitrogen and oxygen atoms in total. The van der Waals surface area contributed by atoms with Crippen LogP contribution in [0.2, 0.25) is 0 Å². The lowest BCUT2D eigenvalue weighted by Crippen LogP contribution is -2.54. The van der Waals surface area contributed by atoms with Crippen LogP contribution >= 0.6 is 15.9 Å². The van der Waals surface area contributed by atoms with Gasteiger partial charge in [-0.15, -0.1) is 0 Å². The van der Waals surface area contributed by atoms with Crippen molar-refractivity contribution in [1.29, 1.82) is 0 Å². The molecule has 2 aromatic heterocycles. The summed E-state index contributed by atoms with van der Waals surface area (Å²) in [5.41, 5.74) is 11.4. The first-order valence-corrected chi connectivity index (χ1v) is 16.4. The van der Waals surface area contributed by atoms with Gasteiger partial charge in [-0.05, 0) is 102 Å². The lowest BCUT2D eigenvalue weighted by atomic mass is 9.59. The number of H-pyrrole nitrogens is 1. The van der Waals surface area contributed by atoms with Gasteiger partial charge in [0.2, 0.25) is 0 Å². The Balaban J connectivity index is 1.02. The number of primary amides is 1. The lowest BCUT2D eigenvalue weighted by Gasteiger charge is -2.56. The van der Waals surface area contributed by atoms with Gasteiger partial charge in [0.1, 0.15) is 17.1 Å². The number of pyridine rings is 1. The van der Waals surface area contributed by atoms with E-state index in [-0.39, 0.29) is 0 Å². The van der Waals surface area contributed by atoms with Gasteiger partial charge in [-0.25, -0.2) is 4.98 Å². The molecule has 1 aliphatic carbocycles. The van der Waals surface area contributed by atoms with E-state index in [0.717, 1.165) is 34.3 Å². The molecule has 3 fully saturated rings. The Labute approximate surface area is 261 Å². The van der Waals surface area contributed by atoms with Crippen molar-refractivity contribution in [3.63, 3.8) is 0 Å². The number of amides is 1. The number of nitrogens with zero attached hydrogens (tertiary/aromatic N) is 3. The van der Waals surface area contributed by atoms with Crippen LogP contribution in [-0.4, -0.2) is 46.5 Å². The van der Waals surface area contributed by atoms with Crippen LogP contribution in [0.3, 0.4) is 0 Å². The number of piperidine rings is 1. The molecule has 224 valence electrons. The molecule has 43 heavy (non-hydrogen) atoms. The molecule has 7 rings (SSSR count). The fraction of sp³-hybridized carbons (Fsp3) is 0.429. The number of hydrogen-bond acceptors (Lipinski definition) is 5. The molecule has 0 radical (unpaired) electrons. The highest BCUT2D eigenvalue weighted by Gasteiger charge is 2.50. The average Bonchev–Trinajstić information content (AvgIpc) is 3.62. The normalized spacial score (nSPS) is 20.7. The fourth-order valence-electron chi connectivity index (χ4n) is 7.85. The summed E-state index contributed by atoms with van der Waals surface area (Å²) >= 11 is 3.54. The summed E-state index contributed by atoms with van der Waals surface area (Å²) in [4.78, 5) is 25.1. The summed E-state index contributed by atoms with van der Waals surface area (Å²) < 4.78 is 7.13. The van der Waals surface area contributed by atoms with Crippen LogP contribution < -0.4 is 15.4 Å². The van der Waals surface area contributed by atoms with Crippen molar-refractivity contribution in [2.24, 2.45) is 11.1 Å². The molecule has 2 saturated heterocycles. The first-order chi connectivity index (χ1) is 20.8. The molecule has 1 amide bonds. The van der Waals surface area contributed by atoms with Crippen LogP contribution in [0, 0.1) is 5.41 Å². The van der Waals surface area contributed by atoms with Crippen molar-refractivity contribution in [3.05, 3.63) is 82.1 Å². The number of nitrogens with one attached hydrogen (secondary N) is 1. The van der Waals surface area contributed by atoms with E-state index in [9.17, 15) is 4.79 Å². The largest absolute Gasteiger partial charge is 0.455 e. The Kier molecular flexibility index (Phi) is 7.46. The van der Waals surface area contributed by atoms with Crippen LogP contribution in [0.25, 0.3) is 11.0 Å². The first-order valence-electron chi connectivity index (χ1n) is 15.6. The molecule has 3 N–H and O–H groups in total. The highest BCUT2D eigenvalue weighted by molar-refractivity contribution is 9.10. The molecule has 4 heterocycles. The van der Waals surface area contributed by atoms with E-state index in [1.165, 1.54) is 50.6 Å². The van der Waals surface area contributed by atoms with E-state index in [4.69, 9.17) is 10.5 Å². The zero-order valence-corrected chi connectivity index (χ0v) is 26.6. The van der Waals surface area contributed by atoms with Crippen LogP contribution in [0.4, 0.5) is 5.69 Å². The first kappa shape index (κ1) is 28.4. The van der Waals surface area contributed by atoms with E-state index >= 15 is 0 Å². The minimum absolute atomic E-state index is 0.367. The molecular weight excluding hydrogens is 602 g/mol. The van der Waals surface area contributed by atoms with Crippen LogP contribution in [-0.2, 0) is 0 Å². The minimum atomic E-state index is -0.507. The predicted octanol–water partition coefficient (Wildman–Crippen LogP) is 7.93. The van der Waals surface area contributed by atoms with Gasteiger partial charge in [0, 0.05) is 53.0 Å². The zero-order valence-electron chi connectivity index (χ0n) is 25.0. The summed E-state index contributed by atoms with van der Waals surface area (Å²) in [6.45, 7) is 7.87. The quantitative estimate of drug-likeness (QED) is 0.214. The van der Waals surface area contributed by atoms with Crippen LogP contribution in [0.1, 0.15) is 85.8 Å². The number of halogens is 1. The second-order valence-corrected chi connectivity index (χ2v) is 13.9. The summed E-state index contributed by atoms with van der Waals surface area (Å²) in [7, 11) is 0. The summed E-state index contributed by atoms with van der Waals surface area (Å²) in [6, 6.07) is 18.0. The number of ether oxygens (including phenoxy) is 1. The van der Waals surface area contributed by atoms with E-state index in [2.05, 4.69) is 73.8 Å². The number of carbonyl (C=O) groups excluding carboxylic acids is 1. The summed E-state index contributed by atoms with van der Waals surface area (Å²) in [6.07, 6.45) is 11.1. The number of aromatic nitrogens is 2. The van der Waals surface area contributed by atoms with Gasteiger partial charge in [0.25, 0.3) is 5.91 Å². The van der Waals surface area contributed by atoms with E-state index in [0.29, 0.717) is 40.5 Å². The molecule has 1 atom stereocenters. The lowest BCUT2D eigenvalue weighted by molar-refractivity contribution is -0.0227. The summed E-state index contributed by atoms with van der Waals surface area (Å²) in [5, 5.41) is 0.916. The number of nitrogens with two attached hydrogens (primary N) is 1. The van der Waals surface area contributed by atoms with E-state index in [1.54, 1.807) is 17.8 Å². The maximum Gasteiger partial charge on any atom is 0.252 e. The molecule has 4 aromatic rings. The van der Waals surface area contributed by atoms with Gasteiger partial charge >= 0.3 is 0 Å². The standard InChI is InChI=1S/C35H40BrN5O2/c1-22(2)26-6-3-4-7-27(26)31-8-5-13-41(31)24-18-35(19-24)11-14-40(15-12-35)23-9-10-28(33(37)42)32(16-23)43-25-17-29-30(36)21-39-34(29)38-20-25/h3-4,6-7,9-10,16-17,20-22,24,31H,5,8,11-15,18-19H2,1-2H3,(H2,37,42)(H,38,39)/t31-/m0/s1. The number of rotatable bonds is 7. The second kappa shape index (κ2) is 11.3. The number of benzene rings is 2. The Bertz CT molecular complexity index is 1650. The minimum Gasteiger partial charge on any atom is -0.455 e. The predicted molar refractivity (Wildman–Crippen MR) is 175 cm³/mol. The van der Waals surface area contributed by atoms with Crippen LogP contribution in [0.5, 0.6) is 11.5 Å². The zero-order chi connectivity index (χ0) is 29.7. The molecule has 8 heteroatoms. The highest BCUT2D eigenvalue weighted by atomic mass is 79.9. The molecular formula is C35H40BrN5O2. The Hall–Kier alpha value is -3.36. The summed E-state index contributed by atoms with van der Waals surface area (Å²) in [5.74, 6) is 1.07. The van der Waals surface area contributed by atoms with Crippen molar-refractivity contribution >= 4 is 38.6 Å². The van der Waals surface area contributed by atoms with Gasteiger partial charge in [-0.1, -0.05) is 38.1 Å². The van der Waals surface area contributed by atoms with E-state index < -0.39 is 5.91 Å². The molecule has 0 bridgehead atoms. The number of fused-ring (bicyclic) bond motifs is 1. The molecule has 2 aliphatic heterocycles. The highest BCUT2D eigenvalue weighted by Crippen LogP contribution is 2.54. The maximum absolute atomic E-state index is 12.3. The monoisotopic (exact) mass is 641 g/mol. The smallest absolute Gasteiger partial charge is 0.252 e. The third-order valence-electron chi connectivity index (χ3n) is 10.2. The number of hydrogen-bond donors (Lipinski definition) is 2. The van der Waals surface area contributed by atoms with Gasteiger partial charge < -0.3 is 20.4 Å². The van der Waals surface area contributed by atoms with Gasteiger partial charge in [-0.3, -0.25) is 9.69 Å². The van der Waals surface area contributed by atoms with Gasteiger partial charge in [0.15, 0.2) is 0 Å². The second-order valence-electron chi connectivity index (χ2n) is 13.1. The molecule has 2 aromatic carbocycles. The van der Waals surface area contributed by atoms with Crippen molar-refractivity contribution in [1.82, 2.24) is 14.9 Å². The number of carbonyl (C=O) groups is 1. The third kappa shape index (κ3) is 5.33. The van der Waals surface area contributed by atoms with Crippen LogP contribution in [0.15, 0.2) is 65.4 Å². The molecule has 1 spiro atoms. The number of anilines is 1. The van der Waals surface area contributed by atoms with Crippen molar-refractivity contribution in [2.45, 2.75) is 70.4 Å². The molecule has 1 saturated carbocycles. The maximum atomic E-state index is 12.3. The Morgan fingerprint density at radius 3 is 2.67 bits per heavy atom. The van der Waals surface area contributed by atoms with Crippen molar-refractivity contribution in [3.8, 4) is 11.5 Å². The fourth-order valence-corrected chi connectivity index (χ4v) is 8.27. The number of likely N-dealkylation sites (tertiary alicyclic amines) is 1.